The van der Waals surface area contributed by atoms with Crippen molar-refractivity contribution >= 4 is 27.4 Å². The van der Waals surface area contributed by atoms with Crippen molar-refractivity contribution < 1.29 is 18.0 Å². The molecule has 0 fully saturated rings. The molecule has 0 aliphatic heterocycles. The average Bonchev–Trinajstić information content (AvgIpc) is 2.78. The third-order valence-corrected chi connectivity index (χ3v) is 6.48. The Balaban J connectivity index is 1.71. The number of benzene rings is 3. The van der Waals surface area contributed by atoms with Crippen LogP contribution in [0.3, 0.4) is 0 Å². The first-order chi connectivity index (χ1) is 15.2. The molecule has 0 radical (unpaired) electrons. The smallest absolute Gasteiger partial charge is 0.261 e. The SMILES string of the molecule is CC(=O)c1ccc(S(=O)(=O)Nc2ccc(C(=O)N[C@@H](c3ccccc3)C(C)C)cc2)cc1. The van der Waals surface area contributed by atoms with Gasteiger partial charge in [-0.3, -0.25) is 14.3 Å². The lowest BCUT2D eigenvalue weighted by Crippen LogP contribution is -2.31. The van der Waals surface area contributed by atoms with E-state index in [4.69, 9.17) is 0 Å². The molecule has 0 aliphatic rings. The Morgan fingerprint density at radius 3 is 1.88 bits per heavy atom. The van der Waals surface area contributed by atoms with Gasteiger partial charge in [-0.2, -0.15) is 0 Å². The molecule has 0 unspecified atom stereocenters. The topological polar surface area (TPSA) is 92.3 Å². The van der Waals surface area contributed by atoms with Crippen molar-refractivity contribution in [1.29, 1.82) is 0 Å². The number of carbonyl (C=O) groups excluding carboxylic acids is 2. The summed E-state index contributed by atoms with van der Waals surface area (Å²) in [6.45, 7) is 5.50. The van der Waals surface area contributed by atoms with Crippen LogP contribution in [0.25, 0.3) is 0 Å². The molecule has 1 atom stereocenters. The summed E-state index contributed by atoms with van der Waals surface area (Å²) >= 11 is 0. The molecule has 2 N–H and O–H groups in total. The van der Waals surface area contributed by atoms with Gasteiger partial charge in [-0.05, 0) is 54.8 Å². The molecule has 0 saturated carbocycles. The fourth-order valence-corrected chi connectivity index (χ4v) is 4.35. The van der Waals surface area contributed by atoms with Crippen molar-refractivity contribution in [2.45, 2.75) is 31.7 Å². The summed E-state index contributed by atoms with van der Waals surface area (Å²) in [6, 6.07) is 21.6. The number of carbonyl (C=O) groups is 2. The third-order valence-electron chi connectivity index (χ3n) is 5.08. The predicted molar refractivity (Wildman–Crippen MR) is 125 cm³/mol. The van der Waals surface area contributed by atoms with Crippen molar-refractivity contribution in [2.24, 2.45) is 5.92 Å². The molecule has 32 heavy (non-hydrogen) atoms. The lowest BCUT2D eigenvalue weighted by atomic mass is 9.95. The number of sulfonamides is 1. The van der Waals surface area contributed by atoms with Gasteiger partial charge < -0.3 is 5.32 Å². The number of ketones is 1. The van der Waals surface area contributed by atoms with Crippen LogP contribution in [-0.2, 0) is 10.0 Å². The maximum Gasteiger partial charge on any atom is 0.261 e. The van der Waals surface area contributed by atoms with Crippen LogP contribution < -0.4 is 10.0 Å². The molecule has 0 aromatic heterocycles. The lowest BCUT2D eigenvalue weighted by Gasteiger charge is -2.23. The molecule has 7 heteroatoms. The second-order valence-corrected chi connectivity index (χ2v) is 9.55. The molecule has 1 amide bonds. The standard InChI is InChI=1S/C25H26N2O4S/c1-17(2)24(20-7-5-4-6-8-20)26-25(29)21-9-13-22(14-10-21)27-32(30,31)23-15-11-19(12-16-23)18(3)28/h4-17,24,27H,1-3H3,(H,26,29)/t24-/m1/s1. The first-order valence-electron chi connectivity index (χ1n) is 10.3. The van der Waals surface area contributed by atoms with E-state index in [9.17, 15) is 18.0 Å². The van der Waals surface area contributed by atoms with Gasteiger partial charge in [-0.1, -0.05) is 56.3 Å². The molecule has 0 aliphatic carbocycles. The number of Topliss-reactive ketones (excluding diaryl/α,β-unsaturated/α-hetero) is 1. The average molecular weight is 451 g/mol. The summed E-state index contributed by atoms with van der Waals surface area (Å²) in [5, 5.41) is 3.05. The number of nitrogens with one attached hydrogen (secondary N) is 2. The maximum absolute atomic E-state index is 12.8. The van der Waals surface area contributed by atoms with Gasteiger partial charge in [0.15, 0.2) is 5.78 Å². The van der Waals surface area contributed by atoms with Crippen molar-refractivity contribution in [3.8, 4) is 0 Å². The molecule has 166 valence electrons. The Labute approximate surface area is 188 Å². The van der Waals surface area contributed by atoms with Gasteiger partial charge in [0.1, 0.15) is 0 Å². The molecular weight excluding hydrogens is 424 g/mol. The van der Waals surface area contributed by atoms with Crippen LogP contribution in [0.15, 0.2) is 83.8 Å². The highest BCUT2D eigenvalue weighted by atomic mass is 32.2. The number of amides is 1. The molecule has 6 nitrogen and oxygen atoms in total. The summed E-state index contributed by atoms with van der Waals surface area (Å²) < 4.78 is 27.7. The Morgan fingerprint density at radius 2 is 1.34 bits per heavy atom. The number of hydrogen-bond donors (Lipinski definition) is 2. The third kappa shape index (κ3) is 5.62. The van der Waals surface area contributed by atoms with Crippen molar-refractivity contribution in [3.63, 3.8) is 0 Å². The Bertz CT molecular complexity index is 1190. The lowest BCUT2D eigenvalue weighted by molar-refractivity contribution is 0.0925. The molecule has 3 rings (SSSR count). The van der Waals surface area contributed by atoms with Crippen LogP contribution in [0.2, 0.25) is 0 Å². The maximum atomic E-state index is 12.8. The first-order valence-corrected chi connectivity index (χ1v) is 11.8. The molecule has 0 spiro atoms. The van der Waals surface area contributed by atoms with Crippen LogP contribution in [0.4, 0.5) is 5.69 Å². The minimum absolute atomic E-state index is 0.0481. The van der Waals surface area contributed by atoms with Gasteiger partial charge in [-0.25, -0.2) is 8.42 Å². The minimum atomic E-state index is -3.82. The van der Waals surface area contributed by atoms with Crippen molar-refractivity contribution in [2.75, 3.05) is 4.72 Å². The molecule has 3 aromatic rings. The molecular formula is C25H26N2O4S. The van der Waals surface area contributed by atoms with E-state index in [-0.39, 0.29) is 28.5 Å². The van der Waals surface area contributed by atoms with Gasteiger partial charge in [0.05, 0.1) is 10.9 Å². The highest BCUT2D eigenvalue weighted by Gasteiger charge is 2.19. The van der Waals surface area contributed by atoms with E-state index in [2.05, 4.69) is 10.0 Å². The van der Waals surface area contributed by atoms with E-state index in [1.54, 1.807) is 24.3 Å². The Kier molecular flexibility index (Phi) is 7.10. The van der Waals surface area contributed by atoms with E-state index < -0.39 is 10.0 Å². The fourth-order valence-electron chi connectivity index (χ4n) is 3.29. The zero-order valence-corrected chi connectivity index (χ0v) is 19.0. The van der Waals surface area contributed by atoms with E-state index >= 15 is 0 Å². The monoisotopic (exact) mass is 450 g/mol. The number of anilines is 1. The number of rotatable bonds is 8. The Hall–Kier alpha value is -3.45. The second kappa shape index (κ2) is 9.78. The zero-order valence-electron chi connectivity index (χ0n) is 18.2. The predicted octanol–water partition coefficient (Wildman–Crippen LogP) is 4.82. The van der Waals surface area contributed by atoms with Gasteiger partial charge in [0.2, 0.25) is 0 Å². The van der Waals surface area contributed by atoms with Gasteiger partial charge >= 0.3 is 0 Å². The highest BCUT2D eigenvalue weighted by Crippen LogP contribution is 2.23. The first kappa shape index (κ1) is 23.2. The van der Waals surface area contributed by atoms with Crippen LogP contribution in [0.1, 0.15) is 53.1 Å². The fraction of sp³-hybridized carbons (Fsp3) is 0.200. The van der Waals surface area contributed by atoms with Crippen molar-refractivity contribution in [1.82, 2.24) is 5.32 Å². The van der Waals surface area contributed by atoms with E-state index in [0.717, 1.165) is 5.56 Å². The molecule has 0 saturated heterocycles. The summed E-state index contributed by atoms with van der Waals surface area (Å²) in [5.74, 6) is -0.175. The van der Waals surface area contributed by atoms with Crippen LogP contribution in [0.5, 0.6) is 0 Å². The normalized spacial score (nSPS) is 12.2. The van der Waals surface area contributed by atoms with E-state index in [1.165, 1.54) is 31.2 Å². The van der Waals surface area contributed by atoms with Crippen LogP contribution >= 0.6 is 0 Å². The minimum Gasteiger partial charge on any atom is -0.345 e. The van der Waals surface area contributed by atoms with Gasteiger partial charge in [-0.15, -0.1) is 0 Å². The van der Waals surface area contributed by atoms with Gasteiger partial charge in [0.25, 0.3) is 15.9 Å². The van der Waals surface area contributed by atoms with Crippen molar-refractivity contribution in [3.05, 3.63) is 95.6 Å². The summed E-state index contributed by atoms with van der Waals surface area (Å²) in [5.41, 5.74) is 2.23. The second-order valence-electron chi connectivity index (χ2n) is 7.87. The van der Waals surface area contributed by atoms with Crippen LogP contribution in [-0.4, -0.2) is 20.1 Å². The van der Waals surface area contributed by atoms with E-state index in [1.807, 2.05) is 44.2 Å². The summed E-state index contributed by atoms with van der Waals surface area (Å²) in [4.78, 5) is 24.2. The molecule has 0 bridgehead atoms. The van der Waals surface area contributed by atoms with Gasteiger partial charge in [0, 0.05) is 16.8 Å². The molecule has 0 heterocycles. The summed E-state index contributed by atoms with van der Waals surface area (Å²) in [6.07, 6.45) is 0. The largest absolute Gasteiger partial charge is 0.345 e. The molecule has 3 aromatic carbocycles. The zero-order chi connectivity index (χ0) is 23.3. The van der Waals surface area contributed by atoms with E-state index in [0.29, 0.717) is 16.8 Å². The quantitative estimate of drug-likeness (QED) is 0.482. The highest BCUT2D eigenvalue weighted by molar-refractivity contribution is 7.92. The summed E-state index contributed by atoms with van der Waals surface area (Å²) in [7, 11) is -3.82. The Morgan fingerprint density at radius 1 is 0.781 bits per heavy atom. The van der Waals surface area contributed by atoms with Crippen LogP contribution in [0, 0.1) is 5.92 Å². The number of hydrogen-bond acceptors (Lipinski definition) is 4.